The molecular weight excluding hydrogens is 457 g/mol. The molecule has 1 N–H and O–H groups in total. The maximum absolute atomic E-state index is 13.2. The molecule has 0 fully saturated rings. The molecule has 6 rings (SSSR count). The highest BCUT2D eigenvalue weighted by Crippen LogP contribution is 2.34. The van der Waals surface area contributed by atoms with Crippen molar-refractivity contribution in [2.45, 2.75) is 31.6 Å². The SMILES string of the molecule is Cn1cc2c3cc(C(=O)NC4CCCn5nccc54)ccc3n(-c3ccc(C(F)(F)F)cc3)c2n1. The number of aromatic nitrogens is 5. The van der Waals surface area contributed by atoms with E-state index in [2.05, 4.69) is 15.5 Å². The molecule has 1 atom stereocenters. The first-order chi connectivity index (χ1) is 16.8. The molecule has 0 bridgehead atoms. The van der Waals surface area contributed by atoms with Gasteiger partial charge in [-0.1, -0.05) is 0 Å². The number of nitrogens with zero attached hydrogens (tertiary/aromatic N) is 5. The van der Waals surface area contributed by atoms with Crippen LogP contribution in [0.1, 0.15) is 40.5 Å². The molecule has 1 unspecified atom stereocenters. The van der Waals surface area contributed by atoms with Gasteiger partial charge in [-0.05, 0) is 61.4 Å². The van der Waals surface area contributed by atoms with Gasteiger partial charge in [-0.25, -0.2) is 0 Å². The lowest BCUT2D eigenvalue weighted by atomic mass is 10.0. The summed E-state index contributed by atoms with van der Waals surface area (Å²) in [6.07, 6.45) is 0.965. The van der Waals surface area contributed by atoms with Crippen molar-refractivity contribution in [2.24, 2.45) is 7.05 Å². The highest BCUT2D eigenvalue weighted by atomic mass is 19.4. The molecule has 1 aliphatic heterocycles. The number of fused-ring (bicyclic) bond motifs is 4. The van der Waals surface area contributed by atoms with Crippen molar-refractivity contribution >= 4 is 27.8 Å². The molecule has 0 spiro atoms. The summed E-state index contributed by atoms with van der Waals surface area (Å²) in [5, 5.41) is 13.6. The zero-order chi connectivity index (χ0) is 24.3. The number of hydrogen-bond donors (Lipinski definition) is 1. The second-order valence-corrected chi connectivity index (χ2v) is 8.80. The number of benzene rings is 2. The van der Waals surface area contributed by atoms with Crippen LogP contribution in [0.15, 0.2) is 60.9 Å². The van der Waals surface area contributed by atoms with Crippen LogP contribution in [0.25, 0.3) is 27.6 Å². The van der Waals surface area contributed by atoms with E-state index in [0.29, 0.717) is 16.9 Å². The van der Waals surface area contributed by atoms with E-state index < -0.39 is 11.7 Å². The van der Waals surface area contributed by atoms with Crippen molar-refractivity contribution in [2.75, 3.05) is 0 Å². The van der Waals surface area contributed by atoms with Crippen molar-refractivity contribution in [1.29, 1.82) is 0 Å². The Hall–Kier alpha value is -4.08. The predicted octanol–water partition coefficient (Wildman–Crippen LogP) is 5.00. The van der Waals surface area contributed by atoms with Gasteiger partial charge in [-0.2, -0.15) is 23.4 Å². The largest absolute Gasteiger partial charge is 0.416 e. The van der Waals surface area contributed by atoms with Gasteiger partial charge in [0.25, 0.3) is 5.91 Å². The first-order valence-corrected chi connectivity index (χ1v) is 11.3. The molecule has 0 saturated heterocycles. The van der Waals surface area contributed by atoms with Crippen molar-refractivity contribution < 1.29 is 18.0 Å². The summed E-state index contributed by atoms with van der Waals surface area (Å²) in [5.41, 5.74) is 2.71. The normalized spacial score (nSPS) is 16.1. The van der Waals surface area contributed by atoms with E-state index in [0.717, 1.165) is 53.5 Å². The quantitative estimate of drug-likeness (QED) is 0.397. The third-order valence-corrected chi connectivity index (χ3v) is 6.54. The first kappa shape index (κ1) is 21.5. The van der Waals surface area contributed by atoms with Crippen LogP contribution in [0.5, 0.6) is 0 Å². The Bertz CT molecular complexity index is 1570. The molecule has 1 aliphatic rings. The van der Waals surface area contributed by atoms with Gasteiger partial charge in [0.05, 0.1) is 22.8 Å². The fraction of sp³-hybridized carbons (Fsp3) is 0.240. The fourth-order valence-corrected chi connectivity index (χ4v) is 4.90. The van der Waals surface area contributed by atoms with Crippen molar-refractivity contribution in [3.8, 4) is 5.69 Å². The van der Waals surface area contributed by atoms with E-state index in [1.165, 1.54) is 12.1 Å². The van der Waals surface area contributed by atoms with E-state index in [9.17, 15) is 18.0 Å². The van der Waals surface area contributed by atoms with E-state index >= 15 is 0 Å². The van der Waals surface area contributed by atoms with Crippen molar-refractivity contribution in [3.05, 3.63) is 77.7 Å². The molecule has 4 heterocycles. The van der Waals surface area contributed by atoms with Crippen LogP contribution in [0, 0.1) is 0 Å². The maximum atomic E-state index is 13.2. The second-order valence-electron chi connectivity index (χ2n) is 8.80. The molecule has 10 heteroatoms. The zero-order valence-electron chi connectivity index (χ0n) is 18.8. The second kappa shape index (κ2) is 7.72. The number of amides is 1. The van der Waals surface area contributed by atoms with Crippen LogP contribution >= 0.6 is 0 Å². The molecule has 2 aromatic carbocycles. The summed E-state index contributed by atoms with van der Waals surface area (Å²) in [7, 11) is 1.78. The number of nitrogens with one attached hydrogen (secondary N) is 1. The molecule has 5 aromatic rings. The van der Waals surface area contributed by atoms with Crippen LogP contribution in [-0.2, 0) is 19.8 Å². The summed E-state index contributed by atoms with van der Waals surface area (Å²) in [6.45, 7) is 0.844. The molecule has 3 aromatic heterocycles. The smallest absolute Gasteiger partial charge is 0.344 e. The van der Waals surface area contributed by atoms with Crippen LogP contribution in [-0.4, -0.2) is 30.0 Å². The van der Waals surface area contributed by atoms with E-state index in [4.69, 9.17) is 0 Å². The Morgan fingerprint density at radius 2 is 1.89 bits per heavy atom. The molecule has 7 nitrogen and oxygen atoms in total. The first-order valence-electron chi connectivity index (χ1n) is 11.3. The van der Waals surface area contributed by atoms with Gasteiger partial charge in [0.15, 0.2) is 5.65 Å². The average Bonchev–Trinajstić information content (AvgIpc) is 3.52. The highest BCUT2D eigenvalue weighted by molar-refractivity contribution is 6.10. The number of hydrogen-bond acceptors (Lipinski definition) is 3. The van der Waals surface area contributed by atoms with Crippen molar-refractivity contribution in [3.63, 3.8) is 0 Å². The van der Waals surface area contributed by atoms with E-state index in [1.807, 2.05) is 33.6 Å². The number of carbonyl (C=O) groups is 1. The van der Waals surface area contributed by atoms with Gasteiger partial charge in [0.2, 0.25) is 0 Å². The highest BCUT2D eigenvalue weighted by Gasteiger charge is 2.30. The molecular formula is C25H21F3N6O. The summed E-state index contributed by atoms with van der Waals surface area (Å²) < 4.78 is 44.6. The summed E-state index contributed by atoms with van der Waals surface area (Å²) in [6, 6.07) is 12.2. The predicted molar refractivity (Wildman–Crippen MR) is 124 cm³/mol. The van der Waals surface area contributed by atoms with Crippen molar-refractivity contribution in [1.82, 2.24) is 29.4 Å². The lowest BCUT2D eigenvalue weighted by Gasteiger charge is -2.24. The lowest BCUT2D eigenvalue weighted by molar-refractivity contribution is -0.137. The monoisotopic (exact) mass is 478 g/mol. The van der Waals surface area contributed by atoms with E-state index in [-0.39, 0.29) is 11.9 Å². The van der Waals surface area contributed by atoms with Gasteiger partial charge in [-0.3, -0.25) is 18.7 Å². The third-order valence-electron chi connectivity index (χ3n) is 6.54. The minimum atomic E-state index is -4.41. The van der Waals surface area contributed by atoms with Crippen LogP contribution < -0.4 is 5.32 Å². The Morgan fingerprint density at radius 1 is 1.09 bits per heavy atom. The van der Waals surface area contributed by atoms with Gasteiger partial charge < -0.3 is 5.32 Å². The Kier molecular flexibility index (Phi) is 4.73. The van der Waals surface area contributed by atoms with Gasteiger partial charge in [0, 0.05) is 48.0 Å². The van der Waals surface area contributed by atoms with Gasteiger partial charge in [-0.15, -0.1) is 0 Å². The summed E-state index contributed by atoms with van der Waals surface area (Å²) in [4.78, 5) is 13.2. The number of aryl methyl sites for hydroxylation is 2. The Morgan fingerprint density at radius 3 is 2.66 bits per heavy atom. The third kappa shape index (κ3) is 3.56. The Balaban J connectivity index is 1.40. The standard InChI is InChI=1S/C25H21F3N6O/c1-32-14-19-18-13-15(24(35)30-20-3-2-12-33-22(20)10-11-29-33)4-9-21(18)34(23(19)31-32)17-7-5-16(6-8-17)25(26,27)28/h4-11,13-14,20H,2-3,12H2,1H3,(H,30,35). The molecule has 0 radical (unpaired) electrons. The van der Waals surface area contributed by atoms with Crippen LogP contribution in [0.2, 0.25) is 0 Å². The van der Waals surface area contributed by atoms with Gasteiger partial charge in [0.1, 0.15) is 0 Å². The average molecular weight is 478 g/mol. The topological polar surface area (TPSA) is 69.7 Å². The number of halogens is 3. The molecule has 1 amide bonds. The summed E-state index contributed by atoms with van der Waals surface area (Å²) >= 11 is 0. The summed E-state index contributed by atoms with van der Waals surface area (Å²) in [5.74, 6) is -0.189. The Labute approximate surface area is 197 Å². The number of alkyl halides is 3. The molecule has 178 valence electrons. The maximum Gasteiger partial charge on any atom is 0.416 e. The van der Waals surface area contributed by atoms with Crippen LogP contribution in [0.4, 0.5) is 13.2 Å². The molecule has 0 aliphatic carbocycles. The van der Waals surface area contributed by atoms with Gasteiger partial charge >= 0.3 is 6.18 Å². The lowest BCUT2D eigenvalue weighted by Crippen LogP contribution is -2.32. The minimum absolute atomic E-state index is 0.107. The fourth-order valence-electron chi connectivity index (χ4n) is 4.90. The minimum Gasteiger partial charge on any atom is -0.344 e. The molecule has 35 heavy (non-hydrogen) atoms. The zero-order valence-corrected chi connectivity index (χ0v) is 18.8. The molecule has 0 saturated carbocycles. The number of carbonyl (C=O) groups excluding carboxylic acids is 1. The number of rotatable bonds is 3. The van der Waals surface area contributed by atoms with Crippen LogP contribution in [0.3, 0.4) is 0 Å². The van der Waals surface area contributed by atoms with E-state index in [1.54, 1.807) is 24.0 Å².